The van der Waals surface area contributed by atoms with Gasteiger partial charge < -0.3 is 5.73 Å². The summed E-state index contributed by atoms with van der Waals surface area (Å²) in [5, 5.41) is 0. The molecule has 1 aliphatic carbocycles. The van der Waals surface area contributed by atoms with Crippen molar-refractivity contribution in [2.75, 3.05) is 12.3 Å². The van der Waals surface area contributed by atoms with Gasteiger partial charge in [-0.25, -0.2) is 8.42 Å². The lowest BCUT2D eigenvalue weighted by atomic mass is 9.84. The van der Waals surface area contributed by atoms with E-state index in [0.29, 0.717) is 31.7 Å². The van der Waals surface area contributed by atoms with E-state index in [9.17, 15) is 26.4 Å². The number of sulfone groups is 1. The Labute approximate surface area is 170 Å². The number of halogens is 3. The molecule has 1 fully saturated rings. The van der Waals surface area contributed by atoms with Crippen LogP contribution in [0.3, 0.4) is 0 Å². The van der Waals surface area contributed by atoms with Gasteiger partial charge in [-0.15, -0.1) is 0 Å². The smallest absolute Gasteiger partial charge is 0.369 e. The third-order valence-electron chi connectivity index (χ3n) is 5.42. The maximum atomic E-state index is 12.9. The number of carbonyl (C=O) groups excluding carboxylic acids is 1. The quantitative estimate of drug-likeness (QED) is 0.742. The van der Waals surface area contributed by atoms with Crippen LogP contribution in [0.5, 0.6) is 0 Å². The average Bonchev–Trinajstić information content (AvgIpc) is 2.58. The van der Waals surface area contributed by atoms with E-state index in [-0.39, 0.29) is 34.7 Å². The molecule has 5 nitrogen and oxygen atoms in total. The number of alkyl halides is 3. The first-order valence-corrected chi connectivity index (χ1v) is 11.3. The van der Waals surface area contributed by atoms with Gasteiger partial charge in [0.25, 0.3) is 0 Å². The Hall–Kier alpha value is -1.61. The average molecular weight is 435 g/mol. The van der Waals surface area contributed by atoms with Gasteiger partial charge in [0.2, 0.25) is 5.91 Å². The van der Waals surface area contributed by atoms with Gasteiger partial charge in [-0.2, -0.15) is 13.2 Å². The predicted octanol–water partition coefficient (Wildman–Crippen LogP) is 3.62. The topological polar surface area (TPSA) is 80.5 Å². The molecule has 29 heavy (non-hydrogen) atoms. The summed E-state index contributed by atoms with van der Waals surface area (Å²) < 4.78 is 64.0. The summed E-state index contributed by atoms with van der Waals surface area (Å²) in [6, 6.07) is 4.02. The van der Waals surface area contributed by atoms with E-state index in [1.165, 1.54) is 6.07 Å². The second-order valence-corrected chi connectivity index (χ2v) is 10.8. The van der Waals surface area contributed by atoms with Crippen LogP contribution in [-0.2, 0) is 20.8 Å². The van der Waals surface area contributed by atoms with Crippen molar-refractivity contribution in [1.29, 1.82) is 0 Å². The predicted molar refractivity (Wildman–Crippen MR) is 105 cm³/mol. The number of primary amides is 1. The highest BCUT2D eigenvalue weighted by molar-refractivity contribution is 7.91. The first kappa shape index (κ1) is 23.7. The summed E-state index contributed by atoms with van der Waals surface area (Å²) in [6.07, 6.45) is -1.89. The van der Waals surface area contributed by atoms with Crippen molar-refractivity contribution in [3.63, 3.8) is 0 Å². The van der Waals surface area contributed by atoms with Gasteiger partial charge in [-0.05, 0) is 70.6 Å². The van der Waals surface area contributed by atoms with Crippen molar-refractivity contribution < 1.29 is 26.4 Å². The minimum absolute atomic E-state index is 0.120. The molecule has 0 aromatic heterocycles. The fourth-order valence-electron chi connectivity index (χ4n) is 3.98. The van der Waals surface area contributed by atoms with Crippen molar-refractivity contribution in [2.45, 2.75) is 69.1 Å². The first-order valence-electron chi connectivity index (χ1n) is 9.65. The van der Waals surface area contributed by atoms with Crippen molar-refractivity contribution in [3.8, 4) is 0 Å². The van der Waals surface area contributed by atoms with Crippen LogP contribution in [0.2, 0.25) is 0 Å². The number of carbonyl (C=O) groups is 1. The van der Waals surface area contributed by atoms with Gasteiger partial charge >= 0.3 is 6.18 Å². The molecule has 0 saturated heterocycles. The lowest BCUT2D eigenvalue weighted by molar-refractivity contribution is -0.137. The third-order valence-corrected chi connectivity index (χ3v) is 7.30. The van der Waals surface area contributed by atoms with Crippen molar-refractivity contribution >= 4 is 15.7 Å². The molecule has 2 rings (SSSR count). The van der Waals surface area contributed by atoms with E-state index in [0.717, 1.165) is 12.1 Å². The second kappa shape index (κ2) is 8.63. The molecule has 1 aliphatic rings. The van der Waals surface area contributed by atoms with E-state index in [2.05, 4.69) is 0 Å². The Balaban J connectivity index is 2.06. The van der Waals surface area contributed by atoms with E-state index >= 15 is 0 Å². The number of amides is 1. The summed E-state index contributed by atoms with van der Waals surface area (Å²) in [6.45, 7) is 6.14. The molecule has 0 atom stereocenters. The minimum atomic E-state index is -4.58. The first-order chi connectivity index (χ1) is 13.2. The Kier molecular flexibility index (Phi) is 7.05. The van der Waals surface area contributed by atoms with Gasteiger partial charge in [-0.3, -0.25) is 9.69 Å². The number of benzene rings is 1. The molecular weight excluding hydrogens is 405 g/mol. The van der Waals surface area contributed by atoms with Crippen molar-refractivity contribution in [2.24, 2.45) is 11.7 Å². The molecule has 0 spiro atoms. The van der Waals surface area contributed by atoms with Crippen LogP contribution in [0.25, 0.3) is 0 Å². The Bertz CT molecular complexity index is 824. The molecule has 0 heterocycles. The highest BCUT2D eigenvalue weighted by atomic mass is 32.2. The summed E-state index contributed by atoms with van der Waals surface area (Å²) >= 11 is 0. The van der Waals surface area contributed by atoms with Gasteiger partial charge in [-0.1, -0.05) is 6.07 Å². The van der Waals surface area contributed by atoms with Crippen LogP contribution in [0, 0.1) is 5.92 Å². The van der Waals surface area contributed by atoms with Gasteiger partial charge in [0, 0.05) is 11.6 Å². The third kappa shape index (κ3) is 6.44. The molecule has 1 amide bonds. The van der Waals surface area contributed by atoms with Crippen LogP contribution >= 0.6 is 0 Å². The van der Waals surface area contributed by atoms with Gasteiger partial charge in [0.15, 0.2) is 9.84 Å². The molecule has 0 bridgehead atoms. The summed E-state index contributed by atoms with van der Waals surface area (Å²) in [5.41, 5.74) is 4.16. The molecular formula is C20H29F3N2O3S. The SMILES string of the molecule is CC(C)(C)N(CC(N)=O)C1CCC(CS(=O)(=O)c2cccc(C(F)(F)F)c2)CC1. The monoisotopic (exact) mass is 434 g/mol. The van der Waals surface area contributed by atoms with E-state index in [1.807, 2.05) is 25.7 Å². The zero-order valence-corrected chi connectivity index (χ0v) is 17.8. The number of nitrogens with zero attached hydrogens (tertiary/aromatic N) is 1. The van der Waals surface area contributed by atoms with Crippen LogP contribution in [0.15, 0.2) is 29.2 Å². The molecule has 164 valence electrons. The molecule has 1 saturated carbocycles. The summed E-state index contributed by atoms with van der Waals surface area (Å²) in [4.78, 5) is 13.2. The molecule has 2 N–H and O–H groups in total. The molecule has 1 aromatic carbocycles. The Morgan fingerprint density at radius 2 is 1.72 bits per heavy atom. The number of rotatable bonds is 6. The molecule has 0 aliphatic heterocycles. The summed E-state index contributed by atoms with van der Waals surface area (Å²) in [5.74, 6) is -0.706. The van der Waals surface area contributed by atoms with E-state index < -0.39 is 27.5 Å². The Morgan fingerprint density at radius 1 is 1.14 bits per heavy atom. The molecule has 0 radical (unpaired) electrons. The van der Waals surface area contributed by atoms with Gasteiger partial charge in [0.1, 0.15) is 0 Å². The highest BCUT2D eigenvalue weighted by Crippen LogP contribution is 2.34. The zero-order valence-electron chi connectivity index (χ0n) is 17.0. The van der Waals surface area contributed by atoms with Crippen LogP contribution in [-0.4, -0.2) is 43.1 Å². The van der Waals surface area contributed by atoms with Crippen LogP contribution in [0.1, 0.15) is 52.0 Å². The fraction of sp³-hybridized carbons (Fsp3) is 0.650. The fourth-order valence-corrected chi connectivity index (χ4v) is 5.72. The zero-order chi connectivity index (χ0) is 22.0. The van der Waals surface area contributed by atoms with Crippen molar-refractivity contribution in [1.82, 2.24) is 4.90 Å². The normalized spacial score (nSPS) is 21.3. The van der Waals surface area contributed by atoms with Crippen LogP contribution in [0.4, 0.5) is 13.2 Å². The van der Waals surface area contributed by atoms with E-state index in [1.54, 1.807) is 0 Å². The largest absolute Gasteiger partial charge is 0.416 e. The molecule has 9 heteroatoms. The van der Waals surface area contributed by atoms with Crippen LogP contribution < -0.4 is 5.73 Å². The van der Waals surface area contributed by atoms with Crippen molar-refractivity contribution in [3.05, 3.63) is 29.8 Å². The number of nitrogens with two attached hydrogens (primary N) is 1. The maximum absolute atomic E-state index is 12.9. The van der Waals surface area contributed by atoms with E-state index in [4.69, 9.17) is 5.73 Å². The number of hydrogen-bond donors (Lipinski definition) is 1. The lowest BCUT2D eigenvalue weighted by Gasteiger charge is -2.44. The molecule has 0 unspecified atom stereocenters. The second-order valence-electron chi connectivity index (χ2n) is 8.75. The number of hydrogen-bond acceptors (Lipinski definition) is 4. The maximum Gasteiger partial charge on any atom is 0.416 e. The highest BCUT2D eigenvalue weighted by Gasteiger charge is 2.35. The van der Waals surface area contributed by atoms with Gasteiger partial charge in [0.05, 0.1) is 22.8 Å². The minimum Gasteiger partial charge on any atom is -0.369 e. The Morgan fingerprint density at radius 3 is 2.21 bits per heavy atom. The standard InChI is InChI=1S/C20H29F3N2O3S/c1-19(2,3)25(12-18(24)26)16-9-7-14(8-10-16)13-29(27,28)17-6-4-5-15(11-17)20(21,22)23/h4-6,11,14,16H,7-10,12-13H2,1-3H3,(H2,24,26). The summed E-state index contributed by atoms with van der Waals surface area (Å²) in [7, 11) is -3.82. The lowest BCUT2D eigenvalue weighted by Crippen LogP contribution is -2.52. The molecule has 1 aromatic rings.